The van der Waals surface area contributed by atoms with Crippen LogP contribution in [0.5, 0.6) is 0 Å². The van der Waals surface area contributed by atoms with E-state index in [2.05, 4.69) is 18.0 Å². The van der Waals surface area contributed by atoms with Crippen LogP contribution >= 0.6 is 0 Å². The second-order valence-corrected chi connectivity index (χ2v) is 6.65. The SMILES string of the molecule is CC1CCCN(C(=O)c2ccc(-n3cnc4ccccc43)cc2)C1. The van der Waals surface area contributed by atoms with E-state index >= 15 is 0 Å². The summed E-state index contributed by atoms with van der Waals surface area (Å²) < 4.78 is 2.05. The van der Waals surface area contributed by atoms with Crippen molar-refractivity contribution in [1.29, 1.82) is 0 Å². The van der Waals surface area contributed by atoms with Gasteiger partial charge in [0.05, 0.1) is 11.0 Å². The highest BCUT2D eigenvalue weighted by atomic mass is 16.2. The van der Waals surface area contributed by atoms with Crippen LogP contribution in [0.15, 0.2) is 54.9 Å². The van der Waals surface area contributed by atoms with Crippen LogP contribution in [0, 0.1) is 5.92 Å². The van der Waals surface area contributed by atoms with E-state index in [1.807, 2.05) is 58.3 Å². The van der Waals surface area contributed by atoms with Gasteiger partial charge in [-0.1, -0.05) is 19.1 Å². The van der Waals surface area contributed by atoms with E-state index < -0.39 is 0 Å². The Morgan fingerprint density at radius 3 is 2.71 bits per heavy atom. The molecule has 122 valence electrons. The van der Waals surface area contributed by atoms with Crippen LogP contribution in [-0.2, 0) is 0 Å². The Morgan fingerprint density at radius 2 is 1.92 bits per heavy atom. The van der Waals surface area contributed by atoms with Crippen LogP contribution in [0.2, 0.25) is 0 Å². The Labute approximate surface area is 141 Å². The molecule has 24 heavy (non-hydrogen) atoms. The third-order valence-electron chi connectivity index (χ3n) is 4.79. The minimum Gasteiger partial charge on any atom is -0.338 e. The summed E-state index contributed by atoms with van der Waals surface area (Å²) in [5, 5.41) is 0. The minimum atomic E-state index is 0.142. The molecule has 1 unspecified atom stereocenters. The summed E-state index contributed by atoms with van der Waals surface area (Å²) in [7, 11) is 0. The van der Waals surface area contributed by atoms with Gasteiger partial charge in [0.2, 0.25) is 0 Å². The van der Waals surface area contributed by atoms with E-state index in [1.54, 1.807) is 0 Å². The van der Waals surface area contributed by atoms with E-state index in [0.29, 0.717) is 5.92 Å². The number of para-hydroxylation sites is 2. The van der Waals surface area contributed by atoms with E-state index in [0.717, 1.165) is 41.8 Å². The average molecular weight is 319 g/mol. The molecule has 2 heterocycles. The smallest absolute Gasteiger partial charge is 0.253 e. The Morgan fingerprint density at radius 1 is 1.12 bits per heavy atom. The normalized spacial score (nSPS) is 18.0. The van der Waals surface area contributed by atoms with Gasteiger partial charge in [-0.25, -0.2) is 4.98 Å². The number of piperidine rings is 1. The number of aromatic nitrogens is 2. The number of carbonyl (C=O) groups excluding carboxylic acids is 1. The van der Waals surface area contributed by atoms with Crippen molar-refractivity contribution in [3.63, 3.8) is 0 Å². The van der Waals surface area contributed by atoms with Gasteiger partial charge in [-0.05, 0) is 55.2 Å². The molecule has 4 rings (SSSR count). The van der Waals surface area contributed by atoms with Gasteiger partial charge in [0.15, 0.2) is 0 Å². The molecule has 1 aromatic heterocycles. The lowest BCUT2D eigenvalue weighted by Gasteiger charge is -2.31. The zero-order valence-electron chi connectivity index (χ0n) is 13.9. The zero-order chi connectivity index (χ0) is 16.5. The molecule has 1 aliphatic rings. The molecule has 1 fully saturated rings. The van der Waals surface area contributed by atoms with Gasteiger partial charge >= 0.3 is 0 Å². The number of fused-ring (bicyclic) bond motifs is 1. The lowest BCUT2D eigenvalue weighted by Crippen LogP contribution is -2.39. The molecule has 2 aromatic carbocycles. The van der Waals surface area contributed by atoms with Crippen molar-refractivity contribution in [1.82, 2.24) is 14.5 Å². The monoisotopic (exact) mass is 319 g/mol. The third kappa shape index (κ3) is 2.68. The Balaban J connectivity index is 1.59. The lowest BCUT2D eigenvalue weighted by molar-refractivity contribution is 0.0683. The Hall–Kier alpha value is -2.62. The second kappa shape index (κ2) is 6.11. The molecule has 3 aromatic rings. The molecule has 4 heteroatoms. The molecule has 1 atom stereocenters. The fourth-order valence-electron chi connectivity index (χ4n) is 3.49. The first-order chi connectivity index (χ1) is 11.7. The molecule has 0 bridgehead atoms. The van der Waals surface area contributed by atoms with E-state index in [1.165, 1.54) is 6.42 Å². The maximum Gasteiger partial charge on any atom is 0.253 e. The maximum atomic E-state index is 12.7. The highest BCUT2D eigenvalue weighted by molar-refractivity contribution is 5.94. The van der Waals surface area contributed by atoms with Crippen LogP contribution in [0.4, 0.5) is 0 Å². The fourth-order valence-corrected chi connectivity index (χ4v) is 3.49. The molecule has 4 nitrogen and oxygen atoms in total. The van der Waals surface area contributed by atoms with Crippen LogP contribution in [0.3, 0.4) is 0 Å². The van der Waals surface area contributed by atoms with Gasteiger partial charge in [-0.15, -0.1) is 0 Å². The van der Waals surface area contributed by atoms with E-state index in [-0.39, 0.29) is 5.91 Å². The summed E-state index contributed by atoms with van der Waals surface area (Å²) in [6, 6.07) is 15.9. The number of amides is 1. The number of hydrogen-bond acceptors (Lipinski definition) is 2. The summed E-state index contributed by atoms with van der Waals surface area (Å²) in [5.41, 5.74) is 3.82. The standard InChI is InChI=1S/C20H21N3O/c1-15-5-4-12-22(13-15)20(24)16-8-10-17(11-9-16)23-14-21-18-6-2-3-7-19(18)23/h2-3,6-11,14-15H,4-5,12-13H2,1H3. The summed E-state index contributed by atoms with van der Waals surface area (Å²) in [4.78, 5) is 19.1. The molecule has 0 radical (unpaired) electrons. The topological polar surface area (TPSA) is 38.1 Å². The average Bonchev–Trinajstić information content (AvgIpc) is 3.05. The summed E-state index contributed by atoms with van der Waals surface area (Å²) in [5.74, 6) is 0.739. The van der Waals surface area contributed by atoms with Crippen molar-refractivity contribution in [2.45, 2.75) is 19.8 Å². The van der Waals surface area contributed by atoms with Gasteiger partial charge in [0.25, 0.3) is 5.91 Å². The number of imidazole rings is 1. The molecular weight excluding hydrogens is 298 g/mol. The van der Waals surface area contributed by atoms with Gasteiger partial charge < -0.3 is 4.90 Å². The van der Waals surface area contributed by atoms with E-state index in [4.69, 9.17) is 0 Å². The van der Waals surface area contributed by atoms with Crippen molar-refractivity contribution in [2.24, 2.45) is 5.92 Å². The second-order valence-electron chi connectivity index (χ2n) is 6.65. The number of nitrogens with zero attached hydrogens (tertiary/aromatic N) is 3. The maximum absolute atomic E-state index is 12.7. The van der Waals surface area contributed by atoms with Crippen LogP contribution in [0.1, 0.15) is 30.1 Å². The fraction of sp³-hybridized carbons (Fsp3) is 0.300. The molecular formula is C20H21N3O. The number of benzene rings is 2. The Bertz CT molecular complexity index is 866. The first-order valence-electron chi connectivity index (χ1n) is 8.54. The molecule has 1 saturated heterocycles. The van der Waals surface area contributed by atoms with Gasteiger partial charge in [-0.3, -0.25) is 9.36 Å². The number of rotatable bonds is 2. The molecule has 1 amide bonds. The van der Waals surface area contributed by atoms with E-state index in [9.17, 15) is 4.79 Å². The first kappa shape index (κ1) is 14.9. The predicted octanol–water partition coefficient (Wildman–Crippen LogP) is 3.90. The molecule has 0 spiro atoms. The molecule has 0 saturated carbocycles. The summed E-state index contributed by atoms with van der Waals surface area (Å²) >= 11 is 0. The van der Waals surface area contributed by atoms with Gasteiger partial charge in [-0.2, -0.15) is 0 Å². The van der Waals surface area contributed by atoms with Crippen molar-refractivity contribution in [2.75, 3.05) is 13.1 Å². The van der Waals surface area contributed by atoms with Gasteiger partial charge in [0.1, 0.15) is 6.33 Å². The van der Waals surface area contributed by atoms with Crippen LogP contribution in [-0.4, -0.2) is 33.4 Å². The van der Waals surface area contributed by atoms with Gasteiger partial charge in [0, 0.05) is 24.3 Å². The largest absolute Gasteiger partial charge is 0.338 e. The van der Waals surface area contributed by atoms with Crippen molar-refractivity contribution in [3.05, 3.63) is 60.4 Å². The van der Waals surface area contributed by atoms with Crippen molar-refractivity contribution in [3.8, 4) is 5.69 Å². The van der Waals surface area contributed by atoms with Crippen LogP contribution in [0.25, 0.3) is 16.7 Å². The summed E-state index contributed by atoms with van der Waals surface area (Å²) in [6.07, 6.45) is 4.15. The Kier molecular flexibility index (Phi) is 3.81. The highest BCUT2D eigenvalue weighted by Crippen LogP contribution is 2.21. The predicted molar refractivity (Wildman–Crippen MR) is 95.4 cm³/mol. The molecule has 0 aliphatic carbocycles. The van der Waals surface area contributed by atoms with Crippen LogP contribution < -0.4 is 0 Å². The first-order valence-corrected chi connectivity index (χ1v) is 8.54. The quantitative estimate of drug-likeness (QED) is 0.718. The molecule has 0 N–H and O–H groups in total. The third-order valence-corrected chi connectivity index (χ3v) is 4.79. The minimum absolute atomic E-state index is 0.142. The zero-order valence-corrected chi connectivity index (χ0v) is 13.9. The summed E-state index contributed by atoms with van der Waals surface area (Å²) in [6.45, 7) is 3.95. The molecule has 1 aliphatic heterocycles. The number of carbonyl (C=O) groups is 1. The lowest BCUT2D eigenvalue weighted by atomic mass is 9.99. The number of likely N-dealkylation sites (tertiary alicyclic amines) is 1. The van der Waals surface area contributed by atoms with Crippen molar-refractivity contribution >= 4 is 16.9 Å². The van der Waals surface area contributed by atoms with Crippen molar-refractivity contribution < 1.29 is 4.79 Å². The highest BCUT2D eigenvalue weighted by Gasteiger charge is 2.21. The number of hydrogen-bond donors (Lipinski definition) is 0.